The third-order valence-electron chi connectivity index (χ3n) is 6.88. The van der Waals surface area contributed by atoms with Gasteiger partial charge in [0.2, 0.25) is 10.0 Å². The third-order valence-corrected chi connectivity index (χ3v) is 8.06. The SMILES string of the molecule is CCC(=O)c1c(-c2ccc(F)cc2)oc2cc(N(CCCC(=O)CNC(=O)OC(C)(C)C)S(C)(=O)=O)c(C3CC3)cc12. The molecule has 1 saturated carbocycles. The third kappa shape index (κ3) is 7.56. The van der Waals surface area contributed by atoms with E-state index in [0.717, 1.165) is 24.7 Å². The van der Waals surface area contributed by atoms with Crippen LogP contribution < -0.4 is 9.62 Å². The van der Waals surface area contributed by atoms with Crippen molar-refractivity contribution in [2.24, 2.45) is 0 Å². The molecule has 0 atom stereocenters. The van der Waals surface area contributed by atoms with Crippen molar-refractivity contribution in [3.8, 4) is 11.3 Å². The number of halogens is 1. The maximum atomic E-state index is 13.6. The van der Waals surface area contributed by atoms with Crippen molar-refractivity contribution in [3.05, 3.63) is 53.3 Å². The van der Waals surface area contributed by atoms with Crippen LogP contribution in [0.2, 0.25) is 0 Å². The Bertz CT molecular complexity index is 1600. The average molecular weight is 601 g/mol. The summed E-state index contributed by atoms with van der Waals surface area (Å²) in [6.07, 6.45) is 2.68. The van der Waals surface area contributed by atoms with Gasteiger partial charge in [-0.1, -0.05) is 6.92 Å². The van der Waals surface area contributed by atoms with Gasteiger partial charge in [-0.3, -0.25) is 13.9 Å². The molecule has 0 radical (unpaired) electrons. The normalized spacial score (nSPS) is 13.7. The molecule has 1 N–H and O–H groups in total. The number of anilines is 1. The Kier molecular flexibility index (Phi) is 9.10. The van der Waals surface area contributed by atoms with Gasteiger partial charge in [-0.15, -0.1) is 0 Å². The van der Waals surface area contributed by atoms with Gasteiger partial charge < -0.3 is 14.5 Å². The molecule has 1 aliphatic rings. The summed E-state index contributed by atoms with van der Waals surface area (Å²) in [7, 11) is -3.76. The first kappa shape index (κ1) is 31.2. The second-order valence-corrected chi connectivity index (χ2v) is 13.5. The zero-order chi connectivity index (χ0) is 30.8. The van der Waals surface area contributed by atoms with Crippen LogP contribution in [0.25, 0.3) is 22.3 Å². The predicted octanol–water partition coefficient (Wildman–Crippen LogP) is 6.35. The Morgan fingerprint density at radius 3 is 2.36 bits per heavy atom. The summed E-state index contributed by atoms with van der Waals surface area (Å²) in [5.41, 5.74) is 1.82. The van der Waals surface area contributed by atoms with E-state index in [4.69, 9.17) is 9.15 Å². The summed E-state index contributed by atoms with van der Waals surface area (Å²) in [6, 6.07) is 9.16. The summed E-state index contributed by atoms with van der Waals surface area (Å²) in [6.45, 7) is 6.72. The average Bonchev–Trinajstić information content (AvgIpc) is 3.68. The highest BCUT2D eigenvalue weighted by Crippen LogP contribution is 2.48. The molecule has 1 amide bonds. The fraction of sp³-hybridized carbons (Fsp3) is 0.452. The number of sulfonamides is 1. The summed E-state index contributed by atoms with van der Waals surface area (Å²) in [5, 5.41) is 3.01. The molecule has 0 bridgehead atoms. The number of Topliss-reactive ketones (excluding diaryl/α,β-unsaturated/α-hetero) is 2. The topological polar surface area (TPSA) is 123 Å². The molecule has 0 aliphatic heterocycles. The first-order valence-electron chi connectivity index (χ1n) is 14.0. The molecular weight excluding hydrogens is 563 g/mol. The fourth-order valence-corrected chi connectivity index (χ4v) is 5.78. The van der Waals surface area contributed by atoms with Gasteiger partial charge in [0, 0.05) is 36.4 Å². The molecule has 1 fully saturated rings. The number of carbonyl (C=O) groups is 3. The highest BCUT2D eigenvalue weighted by atomic mass is 32.2. The molecule has 9 nitrogen and oxygen atoms in total. The standard InChI is InChI=1S/C31H37FN2O7S/c1-6-26(36)28-24-16-23(19-9-10-19)25(17-27(24)40-29(28)20-11-13-21(32)14-12-20)34(42(5,38)39)15-7-8-22(35)18-33-30(37)41-31(2,3)4/h11-14,16-17,19H,6-10,15,18H2,1-5H3,(H,33,37). The van der Waals surface area contributed by atoms with Crippen molar-refractivity contribution in [2.75, 3.05) is 23.7 Å². The van der Waals surface area contributed by atoms with Gasteiger partial charge in [-0.05, 0) is 81.8 Å². The van der Waals surface area contributed by atoms with Gasteiger partial charge in [0.15, 0.2) is 11.6 Å². The number of ether oxygens (including phenoxy) is 1. The van der Waals surface area contributed by atoms with E-state index in [1.165, 1.54) is 16.4 Å². The number of fused-ring (bicyclic) bond motifs is 1. The fourth-order valence-electron chi connectivity index (χ4n) is 4.80. The molecule has 3 aromatic rings. The van der Waals surface area contributed by atoms with Gasteiger partial charge in [-0.2, -0.15) is 0 Å². The second-order valence-electron chi connectivity index (χ2n) is 11.6. The molecule has 0 saturated heterocycles. The lowest BCUT2D eigenvalue weighted by atomic mass is 9.97. The number of amides is 1. The van der Waals surface area contributed by atoms with Crippen LogP contribution in [0.1, 0.15) is 81.6 Å². The van der Waals surface area contributed by atoms with Crippen molar-refractivity contribution in [1.29, 1.82) is 0 Å². The van der Waals surface area contributed by atoms with E-state index in [1.54, 1.807) is 45.9 Å². The van der Waals surface area contributed by atoms with Crippen molar-refractivity contribution in [3.63, 3.8) is 0 Å². The van der Waals surface area contributed by atoms with Crippen LogP contribution in [0, 0.1) is 5.82 Å². The molecular formula is C31H37FN2O7S. The number of nitrogens with zero attached hydrogens (tertiary/aromatic N) is 1. The molecule has 0 unspecified atom stereocenters. The highest BCUT2D eigenvalue weighted by molar-refractivity contribution is 7.92. The smallest absolute Gasteiger partial charge is 0.408 e. The van der Waals surface area contributed by atoms with Crippen LogP contribution in [0.4, 0.5) is 14.9 Å². The minimum Gasteiger partial charge on any atom is -0.455 e. The Balaban J connectivity index is 1.63. The predicted molar refractivity (Wildman–Crippen MR) is 159 cm³/mol. The maximum absolute atomic E-state index is 13.6. The van der Waals surface area contributed by atoms with E-state index in [9.17, 15) is 27.2 Å². The highest BCUT2D eigenvalue weighted by Gasteiger charge is 2.33. The van der Waals surface area contributed by atoms with Crippen LogP contribution in [-0.4, -0.2) is 51.0 Å². The molecule has 0 spiro atoms. The number of benzene rings is 2. The molecule has 4 rings (SSSR count). The summed E-state index contributed by atoms with van der Waals surface area (Å²) in [5.74, 6) is -0.378. The van der Waals surface area contributed by atoms with Crippen molar-refractivity contribution in [1.82, 2.24) is 5.32 Å². The van der Waals surface area contributed by atoms with Gasteiger partial charge in [0.1, 0.15) is 22.8 Å². The van der Waals surface area contributed by atoms with Crippen LogP contribution >= 0.6 is 0 Å². The molecule has 226 valence electrons. The number of hydrogen-bond acceptors (Lipinski definition) is 7. The molecule has 2 aromatic carbocycles. The van der Waals surface area contributed by atoms with Crippen LogP contribution in [0.3, 0.4) is 0 Å². The number of nitrogens with one attached hydrogen (secondary N) is 1. The number of alkyl carbamates (subject to hydrolysis) is 1. The van der Waals surface area contributed by atoms with Gasteiger partial charge >= 0.3 is 6.09 Å². The Labute approximate surface area is 245 Å². The largest absolute Gasteiger partial charge is 0.455 e. The monoisotopic (exact) mass is 600 g/mol. The summed E-state index contributed by atoms with van der Waals surface area (Å²) < 4.78 is 52.2. The zero-order valence-corrected chi connectivity index (χ0v) is 25.4. The minimum absolute atomic E-state index is 0.0362. The van der Waals surface area contributed by atoms with E-state index >= 15 is 0 Å². The first-order valence-corrected chi connectivity index (χ1v) is 15.9. The Morgan fingerprint density at radius 1 is 1.12 bits per heavy atom. The van der Waals surface area contributed by atoms with E-state index in [2.05, 4.69) is 5.32 Å². The number of rotatable bonds is 12. The number of furan rings is 1. The summed E-state index contributed by atoms with van der Waals surface area (Å²) >= 11 is 0. The Hall–Kier alpha value is -3.73. The van der Waals surface area contributed by atoms with Crippen molar-refractivity contribution < 1.29 is 36.3 Å². The van der Waals surface area contributed by atoms with Crippen molar-refractivity contribution >= 4 is 44.3 Å². The van der Waals surface area contributed by atoms with Crippen LogP contribution in [0.5, 0.6) is 0 Å². The maximum Gasteiger partial charge on any atom is 0.408 e. The number of carbonyl (C=O) groups excluding carboxylic acids is 3. The number of hydrogen-bond donors (Lipinski definition) is 1. The second kappa shape index (κ2) is 12.2. The van der Waals surface area contributed by atoms with Gasteiger partial charge in [0.25, 0.3) is 0 Å². The minimum atomic E-state index is -3.76. The molecule has 1 aromatic heterocycles. The lowest BCUT2D eigenvalue weighted by Crippen LogP contribution is -2.36. The van der Waals surface area contributed by atoms with Gasteiger partial charge in [-0.25, -0.2) is 17.6 Å². The molecule has 42 heavy (non-hydrogen) atoms. The zero-order valence-electron chi connectivity index (χ0n) is 24.6. The van der Waals surface area contributed by atoms with Crippen molar-refractivity contribution in [2.45, 2.75) is 71.3 Å². The molecule has 1 heterocycles. The quantitative estimate of drug-likeness (QED) is 0.240. The van der Waals surface area contributed by atoms with Gasteiger partial charge in [0.05, 0.1) is 24.1 Å². The van der Waals surface area contributed by atoms with E-state index in [-0.39, 0.29) is 49.8 Å². The molecule has 11 heteroatoms. The van der Waals surface area contributed by atoms with Crippen LogP contribution in [0.15, 0.2) is 40.8 Å². The molecule has 1 aliphatic carbocycles. The Morgan fingerprint density at radius 2 is 1.79 bits per heavy atom. The van der Waals surface area contributed by atoms with E-state index in [0.29, 0.717) is 33.5 Å². The summed E-state index contributed by atoms with van der Waals surface area (Å²) in [4.78, 5) is 37.4. The van der Waals surface area contributed by atoms with E-state index in [1.807, 2.05) is 6.07 Å². The van der Waals surface area contributed by atoms with Crippen LogP contribution in [-0.2, 0) is 19.6 Å². The lowest BCUT2D eigenvalue weighted by molar-refractivity contribution is -0.118. The first-order chi connectivity index (χ1) is 19.7. The van der Waals surface area contributed by atoms with E-state index < -0.39 is 27.5 Å². The lowest BCUT2D eigenvalue weighted by Gasteiger charge is -2.25. The number of ketones is 2.